The van der Waals surface area contributed by atoms with Crippen LogP contribution in [0.3, 0.4) is 0 Å². The Balaban J connectivity index is 2.22. The molecular formula is C13H12N2O2S. The number of aromatic carboxylic acids is 1. The summed E-state index contributed by atoms with van der Waals surface area (Å²) < 4.78 is 0. The highest BCUT2D eigenvalue weighted by Gasteiger charge is 2.04. The second-order valence-electron chi connectivity index (χ2n) is 3.59. The number of nitrogens with zero attached hydrogens (tertiary/aromatic N) is 1. The molecule has 0 saturated heterocycles. The first kappa shape index (κ1) is 12.4. The molecule has 0 fully saturated rings. The first-order chi connectivity index (χ1) is 8.69. The van der Waals surface area contributed by atoms with Crippen LogP contribution >= 0.6 is 11.8 Å². The van der Waals surface area contributed by atoms with Crippen molar-refractivity contribution in [2.75, 3.05) is 11.6 Å². The Morgan fingerprint density at radius 1 is 1.33 bits per heavy atom. The van der Waals surface area contributed by atoms with Crippen LogP contribution in [0.15, 0.2) is 47.5 Å². The Labute approximate surface area is 109 Å². The Kier molecular flexibility index (Phi) is 3.84. The Morgan fingerprint density at radius 2 is 2.17 bits per heavy atom. The van der Waals surface area contributed by atoms with E-state index in [0.29, 0.717) is 5.82 Å². The summed E-state index contributed by atoms with van der Waals surface area (Å²) >= 11 is 1.65. The quantitative estimate of drug-likeness (QED) is 0.826. The molecule has 0 amide bonds. The highest BCUT2D eigenvalue weighted by atomic mass is 32.2. The van der Waals surface area contributed by atoms with E-state index in [-0.39, 0.29) is 5.56 Å². The fourth-order valence-electron chi connectivity index (χ4n) is 1.48. The van der Waals surface area contributed by atoms with Gasteiger partial charge in [0, 0.05) is 16.8 Å². The predicted molar refractivity (Wildman–Crippen MR) is 72.7 cm³/mol. The summed E-state index contributed by atoms with van der Waals surface area (Å²) in [5, 5.41) is 12.0. The van der Waals surface area contributed by atoms with Crippen LogP contribution in [0, 0.1) is 0 Å². The van der Waals surface area contributed by atoms with Crippen LogP contribution in [-0.2, 0) is 0 Å². The molecule has 0 radical (unpaired) electrons. The zero-order valence-corrected chi connectivity index (χ0v) is 10.6. The summed E-state index contributed by atoms with van der Waals surface area (Å²) in [4.78, 5) is 16.1. The van der Waals surface area contributed by atoms with Crippen molar-refractivity contribution in [3.05, 3.63) is 48.2 Å². The van der Waals surface area contributed by atoms with E-state index in [9.17, 15) is 4.79 Å². The zero-order chi connectivity index (χ0) is 13.0. The third-order valence-electron chi connectivity index (χ3n) is 2.35. The van der Waals surface area contributed by atoms with Crippen LogP contribution in [-0.4, -0.2) is 22.3 Å². The van der Waals surface area contributed by atoms with Gasteiger partial charge in [0.2, 0.25) is 0 Å². The number of carboxylic acids is 1. The molecule has 0 unspecified atom stereocenters. The number of aromatic nitrogens is 1. The maximum absolute atomic E-state index is 10.8. The number of carbonyl (C=O) groups is 1. The van der Waals surface area contributed by atoms with Crippen molar-refractivity contribution in [3.8, 4) is 0 Å². The van der Waals surface area contributed by atoms with Crippen molar-refractivity contribution in [1.82, 2.24) is 4.98 Å². The molecule has 0 saturated carbocycles. The number of anilines is 2. The second kappa shape index (κ2) is 5.55. The molecule has 0 atom stereocenters. The van der Waals surface area contributed by atoms with E-state index in [1.54, 1.807) is 11.8 Å². The standard InChI is InChI=1S/C13H12N2O2S/c1-18-11-4-2-3-10(8-11)15-12-7-9(13(16)17)5-6-14-12/h2-8H,1H3,(H,14,15)(H,16,17). The van der Waals surface area contributed by atoms with Crippen LogP contribution in [0.5, 0.6) is 0 Å². The summed E-state index contributed by atoms with van der Waals surface area (Å²) in [5.74, 6) is -0.438. The largest absolute Gasteiger partial charge is 0.478 e. The van der Waals surface area contributed by atoms with E-state index in [2.05, 4.69) is 10.3 Å². The molecule has 92 valence electrons. The number of nitrogens with one attached hydrogen (secondary N) is 1. The molecule has 1 aromatic carbocycles. The molecule has 0 bridgehead atoms. The fraction of sp³-hybridized carbons (Fsp3) is 0.0769. The van der Waals surface area contributed by atoms with Crippen molar-refractivity contribution in [1.29, 1.82) is 0 Å². The number of rotatable bonds is 4. The van der Waals surface area contributed by atoms with Gasteiger partial charge in [-0.05, 0) is 36.6 Å². The summed E-state index contributed by atoms with van der Waals surface area (Å²) in [6, 6.07) is 10.8. The molecule has 1 heterocycles. The fourth-order valence-corrected chi connectivity index (χ4v) is 1.94. The number of thioether (sulfide) groups is 1. The lowest BCUT2D eigenvalue weighted by Gasteiger charge is -2.07. The molecule has 0 spiro atoms. The van der Waals surface area contributed by atoms with E-state index in [1.165, 1.54) is 18.3 Å². The summed E-state index contributed by atoms with van der Waals surface area (Å²) in [7, 11) is 0. The molecule has 0 aliphatic carbocycles. The Morgan fingerprint density at radius 3 is 2.89 bits per heavy atom. The minimum Gasteiger partial charge on any atom is -0.478 e. The lowest BCUT2D eigenvalue weighted by Crippen LogP contribution is -1.99. The molecule has 0 aliphatic rings. The van der Waals surface area contributed by atoms with Crippen LogP contribution < -0.4 is 5.32 Å². The van der Waals surface area contributed by atoms with Gasteiger partial charge in [-0.1, -0.05) is 6.07 Å². The number of hydrogen-bond donors (Lipinski definition) is 2. The summed E-state index contributed by atoms with van der Waals surface area (Å²) in [6.07, 6.45) is 3.48. The minimum atomic E-state index is -0.960. The normalized spacial score (nSPS) is 10.1. The van der Waals surface area contributed by atoms with Gasteiger partial charge in [0.1, 0.15) is 5.82 Å². The van der Waals surface area contributed by atoms with E-state index < -0.39 is 5.97 Å². The van der Waals surface area contributed by atoms with Gasteiger partial charge in [-0.25, -0.2) is 9.78 Å². The zero-order valence-electron chi connectivity index (χ0n) is 9.75. The number of carboxylic acid groups (broad SMARTS) is 1. The van der Waals surface area contributed by atoms with E-state index >= 15 is 0 Å². The maximum atomic E-state index is 10.8. The maximum Gasteiger partial charge on any atom is 0.335 e. The number of hydrogen-bond acceptors (Lipinski definition) is 4. The van der Waals surface area contributed by atoms with Crippen molar-refractivity contribution in [2.45, 2.75) is 4.90 Å². The molecular weight excluding hydrogens is 248 g/mol. The Hall–Kier alpha value is -2.01. The van der Waals surface area contributed by atoms with E-state index in [4.69, 9.17) is 5.11 Å². The van der Waals surface area contributed by atoms with Gasteiger partial charge in [-0.2, -0.15) is 0 Å². The van der Waals surface area contributed by atoms with Crippen LogP contribution in [0.4, 0.5) is 11.5 Å². The topological polar surface area (TPSA) is 62.2 Å². The SMILES string of the molecule is CSc1cccc(Nc2cc(C(=O)O)ccn2)c1. The summed E-state index contributed by atoms with van der Waals surface area (Å²) in [5.41, 5.74) is 1.10. The highest BCUT2D eigenvalue weighted by molar-refractivity contribution is 7.98. The van der Waals surface area contributed by atoms with E-state index in [1.807, 2.05) is 30.5 Å². The predicted octanol–water partition coefficient (Wildman–Crippen LogP) is 3.25. The van der Waals surface area contributed by atoms with Crippen molar-refractivity contribution >= 4 is 29.2 Å². The van der Waals surface area contributed by atoms with Gasteiger partial charge in [0.05, 0.1) is 5.56 Å². The smallest absolute Gasteiger partial charge is 0.335 e. The molecule has 0 aliphatic heterocycles. The van der Waals surface area contributed by atoms with Gasteiger partial charge in [-0.3, -0.25) is 0 Å². The number of benzene rings is 1. The van der Waals surface area contributed by atoms with Crippen molar-refractivity contribution < 1.29 is 9.90 Å². The van der Waals surface area contributed by atoms with Gasteiger partial charge in [0.15, 0.2) is 0 Å². The molecule has 4 nitrogen and oxygen atoms in total. The lowest BCUT2D eigenvalue weighted by atomic mass is 10.2. The molecule has 5 heteroatoms. The third kappa shape index (κ3) is 3.01. The van der Waals surface area contributed by atoms with Gasteiger partial charge in [0.25, 0.3) is 0 Å². The first-order valence-electron chi connectivity index (χ1n) is 5.29. The van der Waals surface area contributed by atoms with Crippen molar-refractivity contribution in [3.63, 3.8) is 0 Å². The minimum absolute atomic E-state index is 0.216. The van der Waals surface area contributed by atoms with Crippen LogP contribution in [0.1, 0.15) is 10.4 Å². The van der Waals surface area contributed by atoms with Crippen LogP contribution in [0.2, 0.25) is 0 Å². The van der Waals surface area contributed by atoms with Gasteiger partial charge in [-0.15, -0.1) is 11.8 Å². The molecule has 1 aromatic heterocycles. The molecule has 2 rings (SSSR count). The number of pyridine rings is 1. The monoisotopic (exact) mass is 260 g/mol. The molecule has 18 heavy (non-hydrogen) atoms. The molecule has 2 aromatic rings. The average Bonchev–Trinajstić information content (AvgIpc) is 2.39. The second-order valence-corrected chi connectivity index (χ2v) is 4.47. The third-order valence-corrected chi connectivity index (χ3v) is 3.07. The molecule has 2 N–H and O–H groups in total. The van der Waals surface area contributed by atoms with Crippen molar-refractivity contribution in [2.24, 2.45) is 0 Å². The Bertz CT molecular complexity index is 572. The first-order valence-corrected chi connectivity index (χ1v) is 6.52. The lowest BCUT2D eigenvalue weighted by molar-refractivity contribution is 0.0697. The highest BCUT2D eigenvalue weighted by Crippen LogP contribution is 2.21. The van der Waals surface area contributed by atoms with Gasteiger partial charge >= 0.3 is 5.97 Å². The average molecular weight is 260 g/mol. The van der Waals surface area contributed by atoms with Gasteiger partial charge < -0.3 is 10.4 Å². The van der Waals surface area contributed by atoms with Crippen LogP contribution in [0.25, 0.3) is 0 Å². The summed E-state index contributed by atoms with van der Waals surface area (Å²) in [6.45, 7) is 0. The van der Waals surface area contributed by atoms with E-state index in [0.717, 1.165) is 10.6 Å².